The first-order valence-electron chi connectivity index (χ1n) is 11.2. The highest BCUT2D eigenvalue weighted by molar-refractivity contribution is 6.46. The Labute approximate surface area is 203 Å². The fourth-order valence-electron chi connectivity index (χ4n) is 4.08. The predicted molar refractivity (Wildman–Crippen MR) is 130 cm³/mol. The number of Topliss-reactive ketones (excluding diaryl/α,β-unsaturated/α-hetero) is 1. The van der Waals surface area contributed by atoms with Crippen LogP contribution in [0.3, 0.4) is 0 Å². The molecule has 0 radical (unpaired) electrons. The molecule has 1 N–H and O–H groups in total. The van der Waals surface area contributed by atoms with Crippen molar-refractivity contribution < 1.29 is 23.8 Å². The highest BCUT2D eigenvalue weighted by atomic mass is 35.5. The van der Waals surface area contributed by atoms with Crippen molar-refractivity contribution in [1.29, 1.82) is 0 Å². The number of furan rings is 1. The van der Waals surface area contributed by atoms with Crippen LogP contribution < -0.4 is 4.74 Å². The Morgan fingerprint density at radius 1 is 1.15 bits per heavy atom. The molecular formula is C27H26ClNO5. The standard InChI is InChI=1S/C27H26ClNO5/c1-3-14-33-21-11-8-19(16-17(21)2)25(30)23-24(22-5-4-15-34-22)29(27(32)26(23)31)13-12-18-6-9-20(28)10-7-18/h4-11,15-16,24,30H,3,12-14H2,1-2H3/b25-23-. The minimum absolute atomic E-state index is 0.0117. The molecule has 0 bridgehead atoms. The van der Waals surface area contributed by atoms with Crippen molar-refractivity contribution in [1.82, 2.24) is 4.90 Å². The third kappa shape index (κ3) is 4.73. The first-order chi connectivity index (χ1) is 16.4. The van der Waals surface area contributed by atoms with Gasteiger partial charge in [0.25, 0.3) is 11.7 Å². The highest BCUT2D eigenvalue weighted by Gasteiger charge is 2.47. The van der Waals surface area contributed by atoms with E-state index in [1.165, 1.54) is 11.2 Å². The van der Waals surface area contributed by atoms with Crippen molar-refractivity contribution in [2.24, 2.45) is 0 Å². The van der Waals surface area contributed by atoms with E-state index in [1.807, 2.05) is 26.0 Å². The van der Waals surface area contributed by atoms with E-state index < -0.39 is 17.7 Å². The fraction of sp³-hybridized carbons (Fsp3) is 0.259. The molecule has 1 amide bonds. The number of ketones is 1. The van der Waals surface area contributed by atoms with Gasteiger partial charge in [-0.25, -0.2) is 0 Å². The van der Waals surface area contributed by atoms with Gasteiger partial charge in [-0.1, -0.05) is 30.7 Å². The number of aliphatic hydroxyl groups excluding tert-OH is 1. The first kappa shape index (κ1) is 23.6. The van der Waals surface area contributed by atoms with E-state index in [9.17, 15) is 14.7 Å². The molecule has 6 nitrogen and oxygen atoms in total. The van der Waals surface area contributed by atoms with Gasteiger partial charge < -0.3 is 19.2 Å². The molecule has 1 saturated heterocycles. The summed E-state index contributed by atoms with van der Waals surface area (Å²) in [5, 5.41) is 11.8. The average Bonchev–Trinajstić information content (AvgIpc) is 3.45. The molecule has 0 spiro atoms. The largest absolute Gasteiger partial charge is 0.507 e. The molecule has 34 heavy (non-hydrogen) atoms. The number of rotatable bonds is 8. The van der Waals surface area contributed by atoms with Crippen LogP contribution in [0.15, 0.2) is 70.9 Å². The number of ether oxygens (including phenoxy) is 1. The Morgan fingerprint density at radius 3 is 2.56 bits per heavy atom. The van der Waals surface area contributed by atoms with Gasteiger partial charge in [0.2, 0.25) is 0 Å². The van der Waals surface area contributed by atoms with Crippen LogP contribution in [0.25, 0.3) is 5.76 Å². The van der Waals surface area contributed by atoms with Crippen molar-refractivity contribution in [3.63, 3.8) is 0 Å². The lowest BCUT2D eigenvalue weighted by atomic mass is 9.98. The molecule has 0 aliphatic carbocycles. The molecule has 7 heteroatoms. The molecule has 1 atom stereocenters. The zero-order chi connectivity index (χ0) is 24.2. The van der Waals surface area contributed by atoms with Crippen LogP contribution in [0.2, 0.25) is 5.02 Å². The average molecular weight is 480 g/mol. The van der Waals surface area contributed by atoms with Gasteiger partial charge in [-0.05, 0) is 73.4 Å². The number of nitrogens with zero attached hydrogens (tertiary/aromatic N) is 1. The van der Waals surface area contributed by atoms with E-state index in [2.05, 4.69) is 0 Å². The van der Waals surface area contributed by atoms with Crippen molar-refractivity contribution in [3.8, 4) is 5.75 Å². The zero-order valence-electron chi connectivity index (χ0n) is 19.1. The molecule has 1 unspecified atom stereocenters. The second-order valence-corrected chi connectivity index (χ2v) is 8.65. The van der Waals surface area contributed by atoms with E-state index in [1.54, 1.807) is 42.5 Å². The number of aliphatic hydroxyl groups is 1. The Bertz CT molecular complexity index is 1210. The number of aryl methyl sites for hydroxylation is 1. The van der Waals surface area contributed by atoms with Crippen LogP contribution in [0, 0.1) is 6.92 Å². The number of likely N-dealkylation sites (tertiary alicyclic amines) is 1. The zero-order valence-corrected chi connectivity index (χ0v) is 19.8. The first-order valence-corrected chi connectivity index (χ1v) is 11.6. The van der Waals surface area contributed by atoms with E-state index in [0.717, 1.165) is 17.5 Å². The number of amides is 1. The smallest absolute Gasteiger partial charge is 0.295 e. The van der Waals surface area contributed by atoms with Crippen LogP contribution in [0.1, 0.15) is 41.8 Å². The van der Waals surface area contributed by atoms with Gasteiger partial charge in [-0.3, -0.25) is 9.59 Å². The summed E-state index contributed by atoms with van der Waals surface area (Å²) < 4.78 is 11.3. The maximum atomic E-state index is 13.1. The summed E-state index contributed by atoms with van der Waals surface area (Å²) in [4.78, 5) is 27.6. The number of benzene rings is 2. The topological polar surface area (TPSA) is 80.0 Å². The molecule has 1 fully saturated rings. The minimum Gasteiger partial charge on any atom is -0.507 e. The van der Waals surface area contributed by atoms with E-state index in [4.69, 9.17) is 20.8 Å². The summed E-state index contributed by atoms with van der Waals surface area (Å²) in [6.45, 7) is 4.76. The van der Waals surface area contributed by atoms with Crippen LogP contribution in [0.5, 0.6) is 5.75 Å². The molecule has 0 saturated carbocycles. The second-order valence-electron chi connectivity index (χ2n) is 8.21. The summed E-state index contributed by atoms with van der Waals surface area (Å²) in [5.74, 6) is -0.518. The van der Waals surface area contributed by atoms with E-state index in [-0.39, 0.29) is 17.9 Å². The summed E-state index contributed by atoms with van der Waals surface area (Å²) in [5.41, 5.74) is 2.25. The minimum atomic E-state index is -0.821. The molecule has 176 valence electrons. The second kappa shape index (κ2) is 10.2. The molecule has 3 aromatic rings. The Hall–Kier alpha value is -3.51. The SMILES string of the molecule is CCCOc1ccc(/C(O)=C2/C(=O)C(=O)N(CCc3ccc(Cl)cc3)C2c2ccco2)cc1C. The van der Waals surface area contributed by atoms with Crippen molar-refractivity contribution in [2.75, 3.05) is 13.2 Å². The Kier molecular flexibility index (Phi) is 7.08. The summed E-state index contributed by atoms with van der Waals surface area (Å²) in [6, 6.07) is 15.1. The lowest BCUT2D eigenvalue weighted by Gasteiger charge is -2.23. The molecule has 1 aromatic heterocycles. The number of carbonyl (C=O) groups excluding carboxylic acids is 2. The highest BCUT2D eigenvalue weighted by Crippen LogP contribution is 2.40. The van der Waals surface area contributed by atoms with Gasteiger partial charge in [-0.15, -0.1) is 0 Å². The fourth-order valence-corrected chi connectivity index (χ4v) is 4.21. The molecule has 1 aliphatic heterocycles. The number of carbonyl (C=O) groups is 2. The maximum Gasteiger partial charge on any atom is 0.295 e. The number of hydrogen-bond acceptors (Lipinski definition) is 5. The molecular weight excluding hydrogens is 454 g/mol. The van der Waals surface area contributed by atoms with Crippen molar-refractivity contribution in [3.05, 3.63) is 93.9 Å². The van der Waals surface area contributed by atoms with Gasteiger partial charge >= 0.3 is 0 Å². The van der Waals surface area contributed by atoms with Gasteiger partial charge in [-0.2, -0.15) is 0 Å². The van der Waals surface area contributed by atoms with Crippen molar-refractivity contribution >= 4 is 29.1 Å². The van der Waals surface area contributed by atoms with Gasteiger partial charge in [0.15, 0.2) is 0 Å². The van der Waals surface area contributed by atoms with E-state index in [0.29, 0.717) is 35.1 Å². The molecule has 2 aromatic carbocycles. The predicted octanol–water partition coefficient (Wildman–Crippen LogP) is 5.69. The van der Waals surface area contributed by atoms with Crippen LogP contribution in [0.4, 0.5) is 0 Å². The van der Waals surface area contributed by atoms with Crippen molar-refractivity contribution in [2.45, 2.75) is 32.7 Å². The van der Waals surface area contributed by atoms with E-state index >= 15 is 0 Å². The third-order valence-corrected chi connectivity index (χ3v) is 6.07. The quantitative estimate of drug-likeness (QED) is 0.255. The monoisotopic (exact) mass is 479 g/mol. The number of hydrogen-bond donors (Lipinski definition) is 1. The number of halogens is 1. The molecule has 1 aliphatic rings. The van der Waals surface area contributed by atoms with Gasteiger partial charge in [0, 0.05) is 17.1 Å². The summed E-state index contributed by atoms with van der Waals surface area (Å²) in [7, 11) is 0. The molecule has 4 rings (SSSR count). The third-order valence-electron chi connectivity index (χ3n) is 5.82. The Balaban J connectivity index is 1.69. The maximum absolute atomic E-state index is 13.1. The van der Waals surface area contributed by atoms with Crippen LogP contribution >= 0.6 is 11.6 Å². The van der Waals surface area contributed by atoms with Gasteiger partial charge in [0.1, 0.15) is 23.3 Å². The summed E-state index contributed by atoms with van der Waals surface area (Å²) in [6.07, 6.45) is 2.88. The molecule has 2 heterocycles. The lowest BCUT2D eigenvalue weighted by molar-refractivity contribution is -0.140. The lowest BCUT2D eigenvalue weighted by Crippen LogP contribution is -2.31. The normalized spacial score (nSPS) is 17.4. The Morgan fingerprint density at radius 2 is 1.91 bits per heavy atom. The van der Waals surface area contributed by atoms with Crippen LogP contribution in [-0.4, -0.2) is 34.8 Å². The van der Waals surface area contributed by atoms with Gasteiger partial charge in [0.05, 0.1) is 18.4 Å². The van der Waals surface area contributed by atoms with Crippen LogP contribution in [-0.2, 0) is 16.0 Å². The summed E-state index contributed by atoms with van der Waals surface area (Å²) >= 11 is 5.97.